The molecule has 41 heavy (non-hydrogen) atoms. The number of carbonyl (C=O) groups excluding carboxylic acids is 3. The fourth-order valence-corrected chi connectivity index (χ4v) is 4.97. The molecule has 10 nitrogen and oxygen atoms in total. The maximum Gasteiger partial charge on any atom is 0.293 e. The molecule has 1 heterocycles. The van der Waals surface area contributed by atoms with E-state index in [1.165, 1.54) is 54.6 Å². The lowest BCUT2D eigenvalue weighted by atomic mass is 10.1. The van der Waals surface area contributed by atoms with Crippen LogP contribution in [0, 0.1) is 15.9 Å². The van der Waals surface area contributed by atoms with E-state index < -0.39 is 34.4 Å². The van der Waals surface area contributed by atoms with Gasteiger partial charge in [-0.2, -0.15) is 0 Å². The molecule has 12 heteroatoms. The zero-order chi connectivity index (χ0) is 29.5. The summed E-state index contributed by atoms with van der Waals surface area (Å²) in [4.78, 5) is 52.2. The summed E-state index contributed by atoms with van der Waals surface area (Å²) in [6.07, 6.45) is 1.54. The number of non-ortho nitro benzene ring substituents is 1. The summed E-state index contributed by atoms with van der Waals surface area (Å²) in [5, 5.41) is 13.2. The second-order valence-electron chi connectivity index (χ2n) is 8.93. The monoisotopic (exact) mass is 578 g/mol. The van der Waals surface area contributed by atoms with E-state index in [1.807, 2.05) is 19.9 Å². The molecule has 0 atom stereocenters. The minimum Gasteiger partial charge on any atom is -0.483 e. The number of nitrogens with zero attached hydrogens (tertiary/aromatic N) is 3. The first-order chi connectivity index (χ1) is 19.7. The number of rotatable bonds is 11. The van der Waals surface area contributed by atoms with Crippen LogP contribution in [0.15, 0.2) is 71.6 Å². The number of thioether (sulfide) groups is 1. The molecule has 212 valence electrons. The molecule has 0 aliphatic carbocycles. The first-order valence-electron chi connectivity index (χ1n) is 12.7. The van der Waals surface area contributed by atoms with E-state index in [9.17, 15) is 28.9 Å². The Morgan fingerprint density at radius 3 is 2.51 bits per heavy atom. The fourth-order valence-electron chi connectivity index (χ4n) is 4.14. The lowest BCUT2D eigenvalue weighted by Crippen LogP contribution is -2.27. The van der Waals surface area contributed by atoms with Gasteiger partial charge in [-0.1, -0.05) is 18.2 Å². The second-order valence-corrected chi connectivity index (χ2v) is 9.93. The lowest BCUT2D eigenvalue weighted by Gasteiger charge is -2.22. The van der Waals surface area contributed by atoms with E-state index >= 15 is 0 Å². The third-order valence-electron chi connectivity index (χ3n) is 6.24. The van der Waals surface area contributed by atoms with Crippen molar-refractivity contribution >= 4 is 52.0 Å². The summed E-state index contributed by atoms with van der Waals surface area (Å²) in [6.45, 7) is 5.06. The van der Waals surface area contributed by atoms with Gasteiger partial charge in [0.05, 0.1) is 16.4 Å². The highest BCUT2D eigenvalue weighted by molar-refractivity contribution is 8.18. The van der Waals surface area contributed by atoms with Gasteiger partial charge in [-0.3, -0.25) is 29.4 Å². The van der Waals surface area contributed by atoms with Crippen molar-refractivity contribution in [3.63, 3.8) is 0 Å². The van der Waals surface area contributed by atoms with Crippen molar-refractivity contribution in [2.45, 2.75) is 20.4 Å². The van der Waals surface area contributed by atoms with Gasteiger partial charge >= 0.3 is 0 Å². The van der Waals surface area contributed by atoms with E-state index in [-0.39, 0.29) is 22.8 Å². The Morgan fingerprint density at radius 1 is 1.10 bits per heavy atom. The van der Waals surface area contributed by atoms with Crippen molar-refractivity contribution in [1.29, 1.82) is 0 Å². The van der Waals surface area contributed by atoms with Crippen molar-refractivity contribution in [2.75, 3.05) is 29.9 Å². The van der Waals surface area contributed by atoms with Crippen molar-refractivity contribution < 1.29 is 28.4 Å². The number of anilines is 2. The minimum atomic E-state index is -0.557. The Morgan fingerprint density at radius 2 is 1.83 bits per heavy atom. The predicted molar refractivity (Wildman–Crippen MR) is 155 cm³/mol. The summed E-state index contributed by atoms with van der Waals surface area (Å²) in [5.74, 6) is -1.13. The van der Waals surface area contributed by atoms with Crippen LogP contribution < -0.4 is 15.0 Å². The van der Waals surface area contributed by atoms with Gasteiger partial charge in [0.1, 0.15) is 11.6 Å². The van der Waals surface area contributed by atoms with Crippen molar-refractivity contribution in [3.8, 4) is 5.75 Å². The van der Waals surface area contributed by atoms with Crippen LogP contribution in [0.1, 0.15) is 25.0 Å². The van der Waals surface area contributed by atoms with Gasteiger partial charge in [0, 0.05) is 48.2 Å². The average Bonchev–Trinajstić information content (AvgIpc) is 3.22. The number of nitrogens with one attached hydrogen (secondary N) is 1. The van der Waals surface area contributed by atoms with Crippen LogP contribution in [0.2, 0.25) is 0 Å². The number of halogens is 1. The summed E-state index contributed by atoms with van der Waals surface area (Å²) in [5.41, 5.74) is 2.02. The Balaban J connectivity index is 1.55. The van der Waals surface area contributed by atoms with Crippen molar-refractivity contribution in [3.05, 3.63) is 98.7 Å². The zero-order valence-corrected chi connectivity index (χ0v) is 23.2. The van der Waals surface area contributed by atoms with E-state index in [4.69, 9.17) is 4.74 Å². The number of benzene rings is 3. The number of imide groups is 1. The highest BCUT2D eigenvalue weighted by atomic mass is 32.2. The second kappa shape index (κ2) is 13.1. The number of amides is 3. The van der Waals surface area contributed by atoms with Gasteiger partial charge in [0.15, 0.2) is 6.61 Å². The standard InChI is InChI=1S/C29H27FN4O6S/c1-3-32(4-2)23-13-10-20(14-26-28(36)33(29(37)41-26)17-19-8-11-21(30)12-9-19)25(16-23)40-18-27(35)31-22-6-5-7-24(15-22)34(38)39/h5-16H,3-4,17-18H2,1-2H3,(H,31,35)/b26-14-. The molecule has 1 fully saturated rings. The van der Waals surface area contributed by atoms with Gasteiger partial charge in [0.2, 0.25) is 0 Å². The van der Waals surface area contributed by atoms with E-state index in [0.29, 0.717) is 16.9 Å². The van der Waals surface area contributed by atoms with Crippen LogP contribution >= 0.6 is 11.8 Å². The first kappa shape index (κ1) is 29.3. The summed E-state index contributed by atoms with van der Waals surface area (Å²) >= 11 is 0.781. The smallest absolute Gasteiger partial charge is 0.293 e. The zero-order valence-electron chi connectivity index (χ0n) is 22.3. The molecule has 3 aromatic rings. The first-order valence-corrected chi connectivity index (χ1v) is 13.6. The van der Waals surface area contributed by atoms with Crippen LogP contribution in [0.4, 0.5) is 26.2 Å². The van der Waals surface area contributed by atoms with Crippen LogP contribution in [0.3, 0.4) is 0 Å². The molecular weight excluding hydrogens is 551 g/mol. The predicted octanol–water partition coefficient (Wildman–Crippen LogP) is 5.83. The molecule has 3 aromatic carbocycles. The normalized spacial score (nSPS) is 13.9. The molecule has 1 saturated heterocycles. The van der Waals surface area contributed by atoms with Crippen LogP contribution in [-0.4, -0.2) is 46.6 Å². The highest BCUT2D eigenvalue weighted by Crippen LogP contribution is 2.36. The minimum absolute atomic E-state index is 0.00433. The van der Waals surface area contributed by atoms with Crippen molar-refractivity contribution in [2.24, 2.45) is 0 Å². The molecule has 0 saturated carbocycles. The van der Waals surface area contributed by atoms with E-state index in [1.54, 1.807) is 12.1 Å². The molecular formula is C29H27FN4O6S. The molecule has 4 rings (SSSR count). The third kappa shape index (κ3) is 7.28. The number of nitro groups is 1. The van der Waals surface area contributed by atoms with E-state index in [0.717, 1.165) is 35.4 Å². The molecule has 0 spiro atoms. The summed E-state index contributed by atoms with van der Waals surface area (Å²) in [6, 6.07) is 16.5. The Labute approximate surface area is 239 Å². The summed E-state index contributed by atoms with van der Waals surface area (Å²) in [7, 11) is 0. The number of hydrogen-bond acceptors (Lipinski definition) is 8. The Bertz CT molecular complexity index is 1510. The average molecular weight is 579 g/mol. The van der Waals surface area contributed by atoms with Crippen LogP contribution in [-0.2, 0) is 16.1 Å². The van der Waals surface area contributed by atoms with Gasteiger partial charge in [-0.25, -0.2) is 4.39 Å². The van der Waals surface area contributed by atoms with Gasteiger partial charge in [0.25, 0.3) is 22.7 Å². The number of hydrogen-bond donors (Lipinski definition) is 1. The number of nitro benzene ring substituents is 1. The van der Waals surface area contributed by atoms with Crippen LogP contribution in [0.25, 0.3) is 6.08 Å². The topological polar surface area (TPSA) is 122 Å². The molecule has 0 bridgehead atoms. The number of ether oxygens (including phenoxy) is 1. The fraction of sp³-hybridized carbons (Fsp3) is 0.207. The van der Waals surface area contributed by atoms with Gasteiger partial charge < -0.3 is 15.0 Å². The van der Waals surface area contributed by atoms with Gasteiger partial charge in [-0.05, 0) is 67.6 Å². The quantitative estimate of drug-likeness (QED) is 0.171. The molecule has 1 aliphatic rings. The Kier molecular flexibility index (Phi) is 9.35. The largest absolute Gasteiger partial charge is 0.483 e. The molecule has 1 N–H and O–H groups in total. The molecule has 0 unspecified atom stereocenters. The SMILES string of the molecule is CCN(CC)c1ccc(/C=C2\SC(=O)N(Cc3ccc(F)cc3)C2=O)c(OCC(=O)Nc2cccc([N+](=O)[O-])c2)c1. The lowest BCUT2D eigenvalue weighted by molar-refractivity contribution is -0.384. The summed E-state index contributed by atoms with van der Waals surface area (Å²) < 4.78 is 19.1. The van der Waals surface area contributed by atoms with Crippen LogP contribution in [0.5, 0.6) is 5.75 Å². The molecule has 3 amide bonds. The maximum absolute atomic E-state index is 13.3. The van der Waals surface area contributed by atoms with Crippen molar-refractivity contribution in [1.82, 2.24) is 4.90 Å². The maximum atomic E-state index is 13.3. The Hall–Kier alpha value is -4.71. The number of carbonyl (C=O) groups is 3. The molecule has 0 aromatic heterocycles. The molecule has 0 radical (unpaired) electrons. The van der Waals surface area contributed by atoms with E-state index in [2.05, 4.69) is 10.2 Å². The third-order valence-corrected chi connectivity index (χ3v) is 7.15. The molecule has 1 aliphatic heterocycles. The highest BCUT2D eigenvalue weighted by Gasteiger charge is 2.35. The van der Waals surface area contributed by atoms with Gasteiger partial charge in [-0.15, -0.1) is 0 Å².